The largest absolute Gasteiger partial charge is 0.265 e. The zero-order valence-corrected chi connectivity index (χ0v) is 86.3. The fraction of sp³-hybridized carbons (Fsp3) is 0.125. The van der Waals surface area contributed by atoms with Gasteiger partial charge in [0.2, 0.25) is 0 Å². The number of fused-ring (bicyclic) bond motifs is 24. The van der Waals surface area contributed by atoms with Crippen molar-refractivity contribution in [1.82, 2.24) is 29.9 Å². The molecule has 0 amide bonds. The summed E-state index contributed by atoms with van der Waals surface area (Å²) >= 11 is 0. The standard InChI is InChI=1S/C49H37N.C48H36N2.C47H35N3/c1-48(2)42-18-10-8-15-38(42)47-39(16-11-19-43(47)48)46-36-14-6-5-13-35(36)45(30-24-26-50-27-25-30)37-23-21-31(28-40(37)46)32-20-22-34-33-12-7-9-17-41(33)49(3,4)44(34)29-32;1-47(2)40-18-10-8-15-36(40)45-37(16-11-19-41(45)47)44-33-13-5-6-14-34(33)46(43-24-25-49-28-50-43)35-23-21-29(26-38(35)44)30-20-22-32-31-12-7-9-17-39(31)48(3,4)42(32)27-30;1-46(2)39-18-10-8-15-35(39)43-36(16-11-19-40(43)46)42-32-13-5-6-14-33(32)44(45-49-26-48-27-50-45)34-23-21-28(24-37(34)42)29-20-22-31-30-12-7-9-17-38(30)47(3,4)41(31)25-29/h5-29H,1-4H3;5-28H,1-4H3;5-27H,1-4H3. The summed E-state index contributed by atoms with van der Waals surface area (Å²) in [4.78, 5) is 27.0. The molecular weight excluding hydrogens is 1810 g/mol. The fourth-order valence-electron chi connectivity index (χ4n) is 27.6. The van der Waals surface area contributed by atoms with Crippen molar-refractivity contribution in [3.05, 3.63) is 505 Å². The third kappa shape index (κ3) is 13.3. The maximum atomic E-state index is 4.80. The number of benzene rings is 21. The first-order valence-electron chi connectivity index (χ1n) is 52.7. The summed E-state index contributed by atoms with van der Waals surface area (Å²) < 4.78 is 0. The lowest BCUT2D eigenvalue weighted by Gasteiger charge is -2.23. The van der Waals surface area contributed by atoms with Gasteiger partial charge in [0.1, 0.15) is 19.0 Å². The van der Waals surface area contributed by atoms with Crippen LogP contribution in [0.25, 0.3) is 232 Å². The molecule has 0 spiro atoms. The van der Waals surface area contributed by atoms with Gasteiger partial charge in [0.25, 0.3) is 0 Å². The Morgan fingerprint density at radius 2 is 0.387 bits per heavy atom. The molecular formula is C144H108N6. The van der Waals surface area contributed by atoms with Gasteiger partial charge in [0, 0.05) is 62.2 Å². The summed E-state index contributed by atoms with van der Waals surface area (Å²) in [5, 5.41) is 14.5. The van der Waals surface area contributed by atoms with E-state index < -0.39 is 0 Å². The highest BCUT2D eigenvalue weighted by atomic mass is 15.0. The second-order valence-corrected chi connectivity index (χ2v) is 44.9. The first-order chi connectivity index (χ1) is 73.0. The average molecular weight is 1920 g/mol. The number of aromatic nitrogens is 6. The first kappa shape index (κ1) is 90.0. The van der Waals surface area contributed by atoms with Crippen molar-refractivity contribution in [1.29, 1.82) is 0 Å². The van der Waals surface area contributed by atoms with Crippen LogP contribution in [0.3, 0.4) is 0 Å². The van der Waals surface area contributed by atoms with Crippen LogP contribution in [0.15, 0.2) is 438 Å². The second kappa shape index (κ2) is 33.5. The zero-order chi connectivity index (χ0) is 101. The molecule has 0 atom stereocenters. The molecule has 0 bridgehead atoms. The molecule has 6 heteroatoms. The fourth-order valence-corrected chi connectivity index (χ4v) is 27.6. The molecule has 0 N–H and O–H groups in total. The zero-order valence-electron chi connectivity index (χ0n) is 86.3. The van der Waals surface area contributed by atoms with Crippen molar-refractivity contribution in [2.24, 2.45) is 0 Å². The van der Waals surface area contributed by atoms with Crippen LogP contribution >= 0.6 is 0 Å². The van der Waals surface area contributed by atoms with Gasteiger partial charge in [0.15, 0.2) is 5.82 Å². The predicted octanol–water partition coefficient (Wildman–Crippen LogP) is 37.2. The van der Waals surface area contributed by atoms with E-state index in [4.69, 9.17) is 15.0 Å². The number of rotatable bonds is 9. The molecule has 0 saturated carbocycles. The van der Waals surface area contributed by atoms with Crippen molar-refractivity contribution in [2.75, 3.05) is 0 Å². The molecule has 714 valence electrons. The molecule has 6 nitrogen and oxygen atoms in total. The van der Waals surface area contributed by atoms with Crippen LogP contribution in [0.2, 0.25) is 0 Å². The van der Waals surface area contributed by atoms with Crippen LogP contribution in [0, 0.1) is 0 Å². The van der Waals surface area contributed by atoms with E-state index in [1.54, 1.807) is 19.0 Å². The molecule has 0 radical (unpaired) electrons. The lowest BCUT2D eigenvalue weighted by molar-refractivity contribution is 0.660. The van der Waals surface area contributed by atoms with Gasteiger partial charge >= 0.3 is 0 Å². The van der Waals surface area contributed by atoms with Crippen LogP contribution < -0.4 is 0 Å². The van der Waals surface area contributed by atoms with E-state index in [0.29, 0.717) is 5.82 Å². The van der Waals surface area contributed by atoms with Crippen LogP contribution in [0.4, 0.5) is 0 Å². The Kier molecular flexibility index (Phi) is 20.1. The van der Waals surface area contributed by atoms with E-state index in [-0.39, 0.29) is 32.5 Å². The van der Waals surface area contributed by atoms with Crippen LogP contribution in [0.5, 0.6) is 0 Å². The highest BCUT2D eigenvalue weighted by Gasteiger charge is 2.44. The third-order valence-electron chi connectivity index (χ3n) is 35.0. The van der Waals surface area contributed by atoms with E-state index in [2.05, 4.69) is 492 Å². The van der Waals surface area contributed by atoms with Gasteiger partial charge in [-0.3, -0.25) is 4.98 Å². The summed E-state index contributed by atoms with van der Waals surface area (Å²) in [6.45, 7) is 28.3. The first-order valence-corrected chi connectivity index (χ1v) is 52.7. The van der Waals surface area contributed by atoms with Gasteiger partial charge in [-0.05, 0) is 331 Å². The number of hydrogen-bond acceptors (Lipinski definition) is 6. The SMILES string of the molecule is CC1(C)c2ccccc2-c2ccc(-c3ccc4c(-c5ccncc5)c5ccccc5c(-c5cccc6c5-c5ccccc5C6(C)C)c4c3)cc21.CC1(C)c2ccccc2-c2ccc(-c3ccc4c(-c5ccncn5)c5ccccc5c(-c5cccc6c5-c5ccccc5C6(C)C)c4c3)cc21.CC1(C)c2ccccc2-c2ccc(-c3ccc4c(-c5ncncn5)c5ccccc5c(-c5cccc6c5-c5ccccc5C6(C)C)c4c3)cc21. The van der Waals surface area contributed by atoms with E-state index in [0.717, 1.165) is 27.6 Å². The summed E-state index contributed by atoms with van der Waals surface area (Å²) in [7, 11) is 0. The van der Waals surface area contributed by atoms with E-state index in [1.807, 2.05) is 24.7 Å². The van der Waals surface area contributed by atoms with Gasteiger partial charge < -0.3 is 0 Å². The molecule has 0 aliphatic heterocycles. The van der Waals surface area contributed by atoms with Crippen molar-refractivity contribution in [3.63, 3.8) is 0 Å². The van der Waals surface area contributed by atoms with Gasteiger partial charge in [-0.15, -0.1) is 0 Å². The molecule has 6 aliphatic carbocycles. The lowest BCUT2D eigenvalue weighted by Crippen LogP contribution is -2.14. The van der Waals surface area contributed by atoms with Crippen LogP contribution in [0.1, 0.15) is 150 Å². The summed E-state index contributed by atoms with van der Waals surface area (Å²) in [5.41, 5.74) is 52.8. The molecule has 150 heavy (non-hydrogen) atoms. The Bertz CT molecular complexity index is 8990. The Balaban J connectivity index is 0.000000108. The highest BCUT2D eigenvalue weighted by Crippen LogP contribution is 2.62. The molecule has 21 aromatic carbocycles. The summed E-state index contributed by atoms with van der Waals surface area (Å²) in [6, 6.07) is 150. The lowest BCUT2D eigenvalue weighted by atomic mass is 9.80. The van der Waals surface area contributed by atoms with Gasteiger partial charge in [-0.25, -0.2) is 24.9 Å². The Hall–Kier alpha value is -17.6. The molecule has 3 heterocycles. The molecule has 0 saturated heterocycles. The van der Waals surface area contributed by atoms with Crippen LogP contribution in [-0.4, -0.2) is 29.9 Å². The van der Waals surface area contributed by atoms with Crippen molar-refractivity contribution < 1.29 is 0 Å². The van der Waals surface area contributed by atoms with Gasteiger partial charge in [0.05, 0.1) is 5.69 Å². The topological polar surface area (TPSA) is 77.3 Å². The summed E-state index contributed by atoms with van der Waals surface area (Å²) in [5.74, 6) is 0.683. The highest BCUT2D eigenvalue weighted by molar-refractivity contribution is 6.27. The van der Waals surface area contributed by atoms with Gasteiger partial charge in [-0.1, -0.05) is 429 Å². The monoisotopic (exact) mass is 1920 g/mol. The Labute approximate surface area is 875 Å². The van der Waals surface area contributed by atoms with Gasteiger partial charge in [-0.2, -0.15) is 0 Å². The summed E-state index contributed by atoms with van der Waals surface area (Å²) in [6.07, 6.45) is 10.5. The normalized spacial score (nSPS) is 14.7. The van der Waals surface area contributed by atoms with Crippen molar-refractivity contribution in [2.45, 2.75) is 116 Å². The van der Waals surface area contributed by atoms with E-state index in [9.17, 15) is 0 Å². The van der Waals surface area contributed by atoms with E-state index in [1.165, 1.54) is 265 Å². The molecule has 3 aromatic heterocycles. The van der Waals surface area contributed by atoms with Crippen LogP contribution in [-0.2, 0) is 32.5 Å². The minimum absolute atomic E-state index is 0.0561. The third-order valence-corrected chi connectivity index (χ3v) is 35.0. The smallest absolute Gasteiger partial charge is 0.163 e. The second-order valence-electron chi connectivity index (χ2n) is 44.9. The number of pyridine rings is 1. The molecule has 0 unspecified atom stereocenters. The molecule has 6 aliphatic rings. The minimum atomic E-state index is -0.0989. The number of hydrogen-bond donors (Lipinski definition) is 0. The average Bonchev–Trinajstić information content (AvgIpc) is 1.41. The molecule has 24 aromatic rings. The van der Waals surface area contributed by atoms with Crippen molar-refractivity contribution >= 4 is 64.6 Å². The quantitative estimate of drug-likeness (QED) is 0.134. The predicted molar refractivity (Wildman–Crippen MR) is 625 cm³/mol. The maximum absolute atomic E-state index is 4.80. The van der Waals surface area contributed by atoms with E-state index >= 15 is 0 Å². The Morgan fingerprint density at radius 1 is 0.140 bits per heavy atom. The minimum Gasteiger partial charge on any atom is -0.265 e. The Morgan fingerprint density at radius 3 is 0.740 bits per heavy atom. The maximum Gasteiger partial charge on any atom is 0.163 e. The molecule has 0 fully saturated rings. The molecule has 30 rings (SSSR count). The van der Waals surface area contributed by atoms with Crippen molar-refractivity contribution in [3.8, 4) is 167 Å². The number of nitrogens with zero attached hydrogens (tertiary/aromatic N) is 6.